The van der Waals surface area contributed by atoms with Crippen LogP contribution in [0, 0.1) is 0 Å². The van der Waals surface area contributed by atoms with Crippen LogP contribution in [0.2, 0.25) is 0 Å². The van der Waals surface area contributed by atoms with Gasteiger partial charge in [0.1, 0.15) is 0 Å². The molecule has 1 atom stereocenters. The van der Waals surface area contributed by atoms with Gasteiger partial charge >= 0.3 is 138 Å². The van der Waals surface area contributed by atoms with Gasteiger partial charge in [0.15, 0.2) is 0 Å². The summed E-state index contributed by atoms with van der Waals surface area (Å²) in [6.45, 7) is 0. The van der Waals surface area contributed by atoms with Gasteiger partial charge in [-0.1, -0.05) is 0 Å². The van der Waals surface area contributed by atoms with Crippen LogP contribution in [0.15, 0.2) is 76.1 Å². The predicted molar refractivity (Wildman–Crippen MR) is 85.3 cm³/mol. The molecule has 23 heavy (non-hydrogen) atoms. The molecule has 0 N–H and O–H groups in total. The smallest absolute Gasteiger partial charge is 1.00 e. The first kappa shape index (κ1) is 18.5. The zero-order chi connectivity index (χ0) is 14.1. The Kier molecular flexibility index (Phi) is 6.65. The van der Waals surface area contributed by atoms with E-state index >= 15 is 0 Å². The molecule has 0 aromatic heterocycles. The van der Waals surface area contributed by atoms with E-state index in [-0.39, 0.29) is 24.8 Å². The Morgan fingerprint density at radius 1 is 0.870 bits per heavy atom. The van der Waals surface area contributed by atoms with E-state index in [1.165, 1.54) is 23.1 Å². The van der Waals surface area contributed by atoms with E-state index in [2.05, 4.69) is 78.9 Å². The molecule has 2 aromatic carbocycles. The van der Waals surface area contributed by atoms with Crippen LogP contribution < -0.4 is 24.8 Å². The largest absolute Gasteiger partial charge is 1.00 e. The number of rotatable bonds is 3. The molecule has 1 unspecified atom stereocenters. The second-order valence-corrected chi connectivity index (χ2v) is 9.20. The Bertz CT molecular complexity index is 760. The third kappa shape index (κ3) is 3.79. The summed E-state index contributed by atoms with van der Waals surface area (Å²) in [4.78, 5) is 0. The van der Waals surface area contributed by atoms with Gasteiger partial charge < -0.3 is 24.8 Å². The second kappa shape index (κ2) is 8.29. The predicted octanol–water partition coefficient (Wildman–Crippen LogP) is -0.784. The molecule has 0 saturated heterocycles. The Morgan fingerprint density at radius 2 is 1.61 bits per heavy atom. The van der Waals surface area contributed by atoms with Crippen molar-refractivity contribution in [1.29, 1.82) is 0 Å². The van der Waals surface area contributed by atoms with Crippen LogP contribution in [0.3, 0.4) is 0 Å². The Morgan fingerprint density at radius 3 is 2.35 bits per heavy atom. The van der Waals surface area contributed by atoms with E-state index in [4.69, 9.17) is 0 Å². The Hall–Kier alpha value is -0.877. The summed E-state index contributed by atoms with van der Waals surface area (Å²) < 4.78 is 2.38. The molecule has 0 bridgehead atoms. The van der Waals surface area contributed by atoms with Crippen molar-refractivity contribution in [1.82, 2.24) is 0 Å². The second-order valence-electron chi connectivity index (χ2n) is 5.50. The van der Waals surface area contributed by atoms with Crippen LogP contribution in [-0.2, 0) is 23.2 Å². The van der Waals surface area contributed by atoms with Crippen molar-refractivity contribution < 1.29 is 48.0 Å². The van der Waals surface area contributed by atoms with Crippen molar-refractivity contribution in [2.75, 3.05) is 0 Å². The molecule has 0 radical (unpaired) electrons. The van der Waals surface area contributed by atoms with Gasteiger partial charge in [0, 0.05) is 0 Å². The van der Waals surface area contributed by atoms with Crippen LogP contribution in [0.5, 0.6) is 0 Å². The third-order valence-corrected chi connectivity index (χ3v) is 8.20. The molecule has 2 aliphatic rings. The van der Waals surface area contributed by atoms with Crippen LogP contribution in [0.4, 0.5) is 0 Å². The fourth-order valence-electron chi connectivity index (χ4n) is 3.10. The number of hydrogen-bond acceptors (Lipinski definition) is 0. The number of halogens is 2. The topological polar surface area (TPSA) is 0 Å². The van der Waals surface area contributed by atoms with Gasteiger partial charge in [0.25, 0.3) is 0 Å². The number of benzene rings is 2. The quantitative estimate of drug-likeness (QED) is 0.614. The molecule has 2 aliphatic carbocycles. The molecule has 114 valence electrons. The van der Waals surface area contributed by atoms with Crippen LogP contribution in [0.25, 0.3) is 11.6 Å². The molecule has 3 heteroatoms. The maximum atomic E-state index is 2.42. The summed E-state index contributed by atoms with van der Waals surface area (Å²) >= 11 is -0.627. The molecule has 2 aromatic rings. The fourth-order valence-corrected chi connectivity index (χ4v) is 7.09. The van der Waals surface area contributed by atoms with Gasteiger partial charge in [-0.15, -0.1) is 0 Å². The first-order valence-electron chi connectivity index (χ1n) is 7.40. The molecular formula is C20H16Cl2Zr. The molecular weight excluding hydrogens is 402 g/mol. The summed E-state index contributed by atoms with van der Waals surface area (Å²) in [7, 11) is 0. The van der Waals surface area contributed by atoms with Crippen molar-refractivity contribution in [2.45, 2.75) is 10.0 Å². The van der Waals surface area contributed by atoms with Gasteiger partial charge in [-0.25, -0.2) is 0 Å². The summed E-state index contributed by atoms with van der Waals surface area (Å²) in [5.41, 5.74) is 5.91. The van der Waals surface area contributed by atoms with Crippen LogP contribution in [-0.4, -0.2) is 0 Å². The summed E-state index contributed by atoms with van der Waals surface area (Å²) in [5, 5.41) is 0. The van der Waals surface area contributed by atoms with Crippen molar-refractivity contribution in [3.8, 4) is 0 Å². The van der Waals surface area contributed by atoms with Crippen LogP contribution >= 0.6 is 0 Å². The minimum Gasteiger partial charge on any atom is -1.00 e. The number of hydrogen-bond donors (Lipinski definition) is 0. The molecule has 0 spiro atoms. The first-order chi connectivity index (χ1) is 10.4. The SMILES string of the molecule is C1=CC[C]([Zr+2][CH]2C(c3ccccc3)=Cc3ccccc32)=C1.[Cl-].[Cl-]. The maximum Gasteiger partial charge on any atom is -1.00 e. The normalized spacial score (nSPS) is 17.3. The van der Waals surface area contributed by atoms with E-state index in [9.17, 15) is 0 Å². The summed E-state index contributed by atoms with van der Waals surface area (Å²) in [5.74, 6) is 0. The molecule has 0 saturated carbocycles. The molecule has 0 nitrogen and oxygen atoms in total. The molecule has 0 heterocycles. The average molecular weight is 418 g/mol. The van der Waals surface area contributed by atoms with E-state index in [0.717, 1.165) is 0 Å². The number of allylic oxidation sites excluding steroid dienone is 5. The molecule has 4 rings (SSSR count). The monoisotopic (exact) mass is 416 g/mol. The fraction of sp³-hybridized carbons (Fsp3) is 0.100. The van der Waals surface area contributed by atoms with E-state index < -0.39 is 23.2 Å². The van der Waals surface area contributed by atoms with Crippen molar-refractivity contribution >= 4 is 11.6 Å². The zero-order valence-corrected chi connectivity index (χ0v) is 16.5. The Labute approximate surface area is 161 Å². The van der Waals surface area contributed by atoms with Crippen molar-refractivity contribution in [3.05, 3.63) is 92.8 Å². The Balaban J connectivity index is 0.000000960. The molecule has 0 fully saturated rings. The standard InChI is InChI=1S/C15H11.C5H5.2ClH.Zr/c1-2-6-12(7-3-1)15-10-13-8-4-5-9-14(13)11-15;1-2-4-5-3-1;;;/h1-11H;1-3H,4H2;2*1H;/q;;;;+2/p-2. The van der Waals surface area contributed by atoms with Gasteiger partial charge in [0.2, 0.25) is 0 Å². The molecule has 0 amide bonds. The van der Waals surface area contributed by atoms with E-state index in [1.54, 1.807) is 8.84 Å². The average Bonchev–Trinajstić information content (AvgIpc) is 3.17. The summed E-state index contributed by atoms with van der Waals surface area (Å²) in [6, 6.07) is 19.8. The van der Waals surface area contributed by atoms with Crippen molar-refractivity contribution in [2.24, 2.45) is 0 Å². The maximum absolute atomic E-state index is 2.42. The summed E-state index contributed by atoms with van der Waals surface area (Å²) in [6.07, 6.45) is 10.5. The minimum atomic E-state index is -0.627. The van der Waals surface area contributed by atoms with Gasteiger partial charge in [-0.3, -0.25) is 0 Å². The molecule has 0 aliphatic heterocycles. The minimum absolute atomic E-state index is 0. The van der Waals surface area contributed by atoms with Crippen molar-refractivity contribution in [3.63, 3.8) is 0 Å². The zero-order valence-electron chi connectivity index (χ0n) is 12.5. The van der Waals surface area contributed by atoms with E-state index in [1.807, 2.05) is 0 Å². The van der Waals surface area contributed by atoms with Crippen LogP contribution in [0.1, 0.15) is 26.7 Å². The number of fused-ring (bicyclic) bond motifs is 1. The van der Waals surface area contributed by atoms with Gasteiger partial charge in [-0.2, -0.15) is 0 Å². The van der Waals surface area contributed by atoms with E-state index in [0.29, 0.717) is 3.63 Å². The van der Waals surface area contributed by atoms with Gasteiger partial charge in [-0.05, 0) is 0 Å². The first-order valence-corrected chi connectivity index (χ1v) is 10.0. The third-order valence-electron chi connectivity index (χ3n) is 4.14. The van der Waals surface area contributed by atoms with Gasteiger partial charge in [0.05, 0.1) is 0 Å².